The minimum absolute atomic E-state index is 0.146. The van der Waals surface area contributed by atoms with Crippen LogP contribution in [0.4, 0.5) is 4.39 Å². The van der Waals surface area contributed by atoms with Crippen molar-refractivity contribution in [2.75, 3.05) is 6.61 Å². The number of halogens is 2. The zero-order chi connectivity index (χ0) is 16.4. The molecule has 23 heavy (non-hydrogen) atoms. The predicted molar refractivity (Wildman–Crippen MR) is 91.9 cm³/mol. The molecule has 0 fully saturated rings. The van der Waals surface area contributed by atoms with Crippen LogP contribution >= 0.6 is 34.7 Å². The molecule has 2 heterocycles. The maximum Gasteiger partial charge on any atom is 0.272 e. The Hall–Kier alpha value is -1.41. The van der Waals surface area contributed by atoms with Gasteiger partial charge in [0.2, 0.25) is 0 Å². The molecule has 0 radical (unpaired) electrons. The number of hydrogen-bond donors (Lipinski definition) is 1. The van der Waals surface area contributed by atoms with Gasteiger partial charge in [-0.3, -0.25) is 9.36 Å². The van der Waals surface area contributed by atoms with Gasteiger partial charge in [-0.2, -0.15) is 0 Å². The highest BCUT2D eigenvalue weighted by Crippen LogP contribution is 2.28. The van der Waals surface area contributed by atoms with Gasteiger partial charge >= 0.3 is 0 Å². The predicted octanol–water partition coefficient (Wildman–Crippen LogP) is 3.54. The molecule has 1 N–H and O–H groups in total. The van der Waals surface area contributed by atoms with E-state index in [0.29, 0.717) is 26.0 Å². The van der Waals surface area contributed by atoms with Crippen LogP contribution in [0.15, 0.2) is 39.6 Å². The topological polar surface area (TPSA) is 55.1 Å². The highest BCUT2D eigenvalue weighted by atomic mass is 35.5. The average Bonchev–Trinajstić information content (AvgIpc) is 2.99. The van der Waals surface area contributed by atoms with Crippen molar-refractivity contribution in [3.05, 3.63) is 56.4 Å². The smallest absolute Gasteiger partial charge is 0.272 e. The van der Waals surface area contributed by atoms with Crippen molar-refractivity contribution < 1.29 is 9.50 Å². The second-order valence-electron chi connectivity index (χ2n) is 4.70. The van der Waals surface area contributed by atoms with Gasteiger partial charge in [0.15, 0.2) is 5.16 Å². The van der Waals surface area contributed by atoms with E-state index in [1.54, 1.807) is 23.6 Å². The summed E-state index contributed by atoms with van der Waals surface area (Å²) in [5, 5.41) is 11.8. The minimum Gasteiger partial charge on any atom is -0.395 e. The molecule has 3 aromatic rings. The Morgan fingerprint density at radius 2 is 2.22 bits per heavy atom. The van der Waals surface area contributed by atoms with Crippen LogP contribution in [-0.2, 0) is 12.3 Å². The van der Waals surface area contributed by atoms with Crippen LogP contribution < -0.4 is 5.56 Å². The third-order valence-electron chi connectivity index (χ3n) is 3.26. The number of benzene rings is 1. The van der Waals surface area contributed by atoms with E-state index >= 15 is 0 Å². The largest absolute Gasteiger partial charge is 0.395 e. The molecular formula is C15H12ClFN2O2S2. The Labute approximate surface area is 144 Å². The van der Waals surface area contributed by atoms with E-state index in [1.807, 2.05) is 0 Å². The SMILES string of the molecule is O=c1c2sccc2nc(SCc2c(F)cccc2Cl)n1CCO. The number of aliphatic hydroxyl groups is 1. The summed E-state index contributed by atoms with van der Waals surface area (Å²) >= 11 is 8.56. The highest BCUT2D eigenvalue weighted by Gasteiger charge is 2.14. The lowest BCUT2D eigenvalue weighted by Gasteiger charge is -2.11. The number of fused-ring (bicyclic) bond motifs is 1. The zero-order valence-electron chi connectivity index (χ0n) is 11.8. The van der Waals surface area contributed by atoms with Gasteiger partial charge in [0, 0.05) is 16.3 Å². The molecule has 0 bridgehead atoms. The Morgan fingerprint density at radius 3 is 2.96 bits per heavy atom. The lowest BCUT2D eigenvalue weighted by Crippen LogP contribution is -2.24. The van der Waals surface area contributed by atoms with Crippen molar-refractivity contribution in [3.63, 3.8) is 0 Å². The molecule has 3 rings (SSSR count). The van der Waals surface area contributed by atoms with E-state index in [-0.39, 0.29) is 24.5 Å². The normalized spacial score (nSPS) is 11.3. The van der Waals surface area contributed by atoms with E-state index in [0.717, 1.165) is 0 Å². The van der Waals surface area contributed by atoms with Gasteiger partial charge in [-0.25, -0.2) is 9.37 Å². The Kier molecular flexibility index (Phi) is 5.01. The first-order valence-electron chi connectivity index (χ1n) is 6.76. The summed E-state index contributed by atoms with van der Waals surface area (Å²) in [5.41, 5.74) is 0.784. The number of aliphatic hydroxyl groups excluding tert-OH is 1. The van der Waals surface area contributed by atoms with Crippen LogP contribution in [-0.4, -0.2) is 21.3 Å². The quantitative estimate of drug-likeness (QED) is 0.551. The maximum absolute atomic E-state index is 13.9. The number of thiophene rings is 1. The van der Waals surface area contributed by atoms with Crippen LogP contribution in [0.3, 0.4) is 0 Å². The molecule has 0 aliphatic carbocycles. The molecule has 0 spiro atoms. The molecule has 0 aliphatic rings. The first kappa shape index (κ1) is 16.4. The van der Waals surface area contributed by atoms with Crippen LogP contribution in [0.25, 0.3) is 10.2 Å². The third kappa shape index (κ3) is 3.28. The number of nitrogens with zero attached hydrogens (tertiary/aromatic N) is 2. The Bertz CT molecular complexity index is 890. The van der Waals surface area contributed by atoms with Gasteiger partial charge in [0.05, 0.1) is 18.7 Å². The van der Waals surface area contributed by atoms with Gasteiger partial charge < -0.3 is 5.11 Å². The number of rotatable bonds is 5. The van der Waals surface area contributed by atoms with E-state index in [9.17, 15) is 14.3 Å². The summed E-state index contributed by atoms with van der Waals surface area (Å²) in [5.74, 6) is -0.142. The van der Waals surface area contributed by atoms with Gasteiger partial charge in [-0.15, -0.1) is 11.3 Å². The molecule has 0 aliphatic heterocycles. The summed E-state index contributed by atoms with van der Waals surface area (Å²) in [7, 11) is 0. The zero-order valence-corrected chi connectivity index (χ0v) is 14.2. The molecule has 120 valence electrons. The molecule has 1 aromatic carbocycles. The summed E-state index contributed by atoms with van der Waals surface area (Å²) < 4.78 is 15.8. The second-order valence-corrected chi connectivity index (χ2v) is 6.96. The summed E-state index contributed by atoms with van der Waals surface area (Å²) in [6, 6.07) is 6.28. The van der Waals surface area contributed by atoms with Gasteiger partial charge in [-0.1, -0.05) is 29.4 Å². The summed E-state index contributed by atoms with van der Waals surface area (Å²) in [4.78, 5) is 16.9. The lowest BCUT2D eigenvalue weighted by molar-refractivity contribution is 0.268. The van der Waals surface area contributed by atoms with Crippen LogP contribution in [0, 0.1) is 5.82 Å². The van der Waals surface area contributed by atoms with Crippen molar-refractivity contribution >= 4 is 44.9 Å². The van der Waals surface area contributed by atoms with Gasteiger partial charge in [-0.05, 0) is 23.6 Å². The molecule has 0 saturated heterocycles. The fourth-order valence-corrected chi connectivity index (χ4v) is 4.29. The molecule has 2 aromatic heterocycles. The van der Waals surface area contributed by atoms with Crippen molar-refractivity contribution in [2.45, 2.75) is 17.5 Å². The molecule has 0 unspecified atom stereocenters. The molecule has 0 saturated carbocycles. The van der Waals surface area contributed by atoms with Crippen molar-refractivity contribution in [2.24, 2.45) is 0 Å². The first-order valence-corrected chi connectivity index (χ1v) is 9.00. The van der Waals surface area contributed by atoms with Crippen molar-refractivity contribution in [1.82, 2.24) is 9.55 Å². The van der Waals surface area contributed by atoms with E-state index in [4.69, 9.17) is 11.6 Å². The number of thioether (sulfide) groups is 1. The fraction of sp³-hybridized carbons (Fsp3) is 0.200. The fourth-order valence-electron chi connectivity index (χ4n) is 2.14. The standard InChI is InChI=1S/C15H12ClFN2O2S2/c16-10-2-1-3-11(17)9(10)8-23-15-18-12-4-7-22-13(12)14(21)19(15)5-6-20/h1-4,7,20H,5-6,8H2. The van der Waals surface area contributed by atoms with Gasteiger partial charge in [0.1, 0.15) is 10.5 Å². The second kappa shape index (κ2) is 7.00. The Morgan fingerprint density at radius 1 is 1.39 bits per heavy atom. The molecule has 0 amide bonds. The average molecular weight is 371 g/mol. The van der Waals surface area contributed by atoms with Crippen molar-refractivity contribution in [3.8, 4) is 0 Å². The van der Waals surface area contributed by atoms with Crippen LogP contribution in [0.2, 0.25) is 5.02 Å². The van der Waals surface area contributed by atoms with E-state index in [1.165, 1.54) is 33.7 Å². The molecule has 0 atom stereocenters. The minimum atomic E-state index is -0.391. The molecule has 4 nitrogen and oxygen atoms in total. The summed E-state index contributed by atoms with van der Waals surface area (Å²) in [6.45, 7) is -0.0283. The monoisotopic (exact) mass is 370 g/mol. The third-order valence-corrected chi connectivity index (χ3v) is 5.51. The van der Waals surface area contributed by atoms with E-state index in [2.05, 4.69) is 4.98 Å². The lowest BCUT2D eigenvalue weighted by atomic mass is 10.2. The van der Waals surface area contributed by atoms with Crippen LogP contribution in [0.5, 0.6) is 0 Å². The number of aromatic nitrogens is 2. The summed E-state index contributed by atoms with van der Waals surface area (Å²) in [6.07, 6.45) is 0. The van der Waals surface area contributed by atoms with Gasteiger partial charge in [0.25, 0.3) is 5.56 Å². The van der Waals surface area contributed by atoms with Crippen molar-refractivity contribution in [1.29, 1.82) is 0 Å². The highest BCUT2D eigenvalue weighted by molar-refractivity contribution is 7.98. The molecular weight excluding hydrogens is 359 g/mol. The molecule has 8 heteroatoms. The van der Waals surface area contributed by atoms with E-state index < -0.39 is 5.82 Å². The Balaban J connectivity index is 1.99. The maximum atomic E-state index is 13.9. The van der Waals surface area contributed by atoms with Crippen LogP contribution in [0.1, 0.15) is 5.56 Å². The first-order chi connectivity index (χ1) is 11.1. The number of hydrogen-bond acceptors (Lipinski definition) is 5.